The number of nitriles is 1. The number of para-hydroxylation sites is 1. The Hall–Kier alpha value is -4.35. The quantitative estimate of drug-likeness (QED) is 0.251. The van der Waals surface area contributed by atoms with Crippen LogP contribution < -0.4 is 11.1 Å². The molecule has 0 fully saturated rings. The predicted octanol–water partition coefficient (Wildman–Crippen LogP) is 4.69. The Morgan fingerprint density at radius 1 is 1.06 bits per heavy atom. The smallest absolute Gasteiger partial charge is 0.249 e. The van der Waals surface area contributed by atoms with Crippen molar-refractivity contribution >= 4 is 34.8 Å². The molecule has 5 rings (SSSR count). The predicted molar refractivity (Wildman–Crippen MR) is 131 cm³/mol. The lowest BCUT2D eigenvalue weighted by Gasteiger charge is -2.18. The standard InChI is InChI=1S/C26H19N5O2S/c27-14-20(26(33)29-17-8-2-1-3-9-17)25(32)23-21-15-34-22-12-5-4-11-19(22)24(21)31(30-23)18-10-6-7-16(28)13-18/h1-13,20H,15,28H2,(H,29,33). The summed E-state index contributed by atoms with van der Waals surface area (Å²) in [6, 6.07) is 25.7. The Labute approximate surface area is 200 Å². The van der Waals surface area contributed by atoms with Crippen LogP contribution >= 0.6 is 11.8 Å². The molecule has 2 heterocycles. The van der Waals surface area contributed by atoms with Crippen molar-refractivity contribution in [3.63, 3.8) is 0 Å². The number of rotatable bonds is 5. The van der Waals surface area contributed by atoms with Gasteiger partial charge in [-0.25, -0.2) is 4.68 Å². The van der Waals surface area contributed by atoms with Gasteiger partial charge in [0.05, 0.1) is 17.5 Å². The summed E-state index contributed by atoms with van der Waals surface area (Å²) in [4.78, 5) is 27.4. The Bertz CT molecular complexity index is 1460. The molecule has 34 heavy (non-hydrogen) atoms. The molecule has 7 nitrogen and oxygen atoms in total. The van der Waals surface area contributed by atoms with Gasteiger partial charge in [0.2, 0.25) is 11.7 Å². The summed E-state index contributed by atoms with van der Waals surface area (Å²) in [5.74, 6) is -2.35. The lowest BCUT2D eigenvalue weighted by molar-refractivity contribution is -0.117. The van der Waals surface area contributed by atoms with Crippen LogP contribution in [0.15, 0.2) is 83.8 Å². The molecular weight excluding hydrogens is 446 g/mol. The Morgan fingerprint density at radius 3 is 2.59 bits per heavy atom. The Morgan fingerprint density at radius 2 is 1.82 bits per heavy atom. The van der Waals surface area contributed by atoms with Crippen LogP contribution in [-0.2, 0) is 10.5 Å². The molecule has 0 radical (unpaired) electrons. The third kappa shape index (κ3) is 3.83. The second-order valence-corrected chi connectivity index (χ2v) is 8.77. The highest BCUT2D eigenvalue weighted by molar-refractivity contribution is 7.98. The number of nitrogens with one attached hydrogen (secondary N) is 1. The lowest BCUT2D eigenvalue weighted by Crippen LogP contribution is -2.29. The number of amides is 1. The molecule has 3 aromatic carbocycles. The number of nitrogens with two attached hydrogens (primary N) is 1. The van der Waals surface area contributed by atoms with Gasteiger partial charge in [0.15, 0.2) is 5.92 Å². The fraction of sp³-hybridized carbons (Fsp3) is 0.0769. The summed E-state index contributed by atoms with van der Waals surface area (Å²) in [7, 11) is 0. The minimum absolute atomic E-state index is 0.120. The van der Waals surface area contributed by atoms with Crippen LogP contribution in [0.5, 0.6) is 0 Å². The van der Waals surface area contributed by atoms with Crippen LogP contribution in [0.25, 0.3) is 16.9 Å². The van der Waals surface area contributed by atoms with E-state index in [9.17, 15) is 14.9 Å². The molecule has 1 aromatic heterocycles. The second kappa shape index (κ2) is 8.89. The molecule has 0 bridgehead atoms. The molecule has 0 saturated carbocycles. The number of Topliss-reactive ketones (excluding diaryl/α,β-unsaturated/α-hetero) is 1. The number of ketones is 1. The molecule has 166 valence electrons. The highest BCUT2D eigenvalue weighted by Gasteiger charge is 2.35. The molecule has 8 heteroatoms. The van der Waals surface area contributed by atoms with Crippen molar-refractivity contribution in [2.75, 3.05) is 11.1 Å². The van der Waals surface area contributed by atoms with Crippen LogP contribution in [0.3, 0.4) is 0 Å². The molecule has 1 aliphatic rings. The van der Waals surface area contributed by atoms with Crippen LogP contribution in [-0.4, -0.2) is 21.5 Å². The first-order chi connectivity index (χ1) is 16.6. The van der Waals surface area contributed by atoms with Crippen LogP contribution in [0, 0.1) is 17.2 Å². The molecule has 1 atom stereocenters. The van der Waals surface area contributed by atoms with E-state index in [0.717, 1.165) is 16.2 Å². The summed E-state index contributed by atoms with van der Waals surface area (Å²) in [6.45, 7) is 0. The largest absolute Gasteiger partial charge is 0.399 e. The number of carbonyl (C=O) groups is 2. The van der Waals surface area contributed by atoms with Crippen molar-refractivity contribution < 1.29 is 9.59 Å². The zero-order valence-corrected chi connectivity index (χ0v) is 18.8. The number of nitrogens with zero attached hydrogens (tertiary/aromatic N) is 3. The fourth-order valence-corrected chi connectivity index (χ4v) is 5.02. The minimum Gasteiger partial charge on any atom is -0.399 e. The van der Waals surface area contributed by atoms with Crippen molar-refractivity contribution in [3.05, 3.63) is 90.1 Å². The second-order valence-electron chi connectivity index (χ2n) is 7.75. The molecule has 3 N–H and O–H groups in total. The van der Waals surface area contributed by atoms with Crippen LogP contribution in [0.2, 0.25) is 0 Å². The van der Waals surface area contributed by atoms with Gasteiger partial charge in [-0.15, -0.1) is 11.8 Å². The highest BCUT2D eigenvalue weighted by Crippen LogP contribution is 2.44. The van der Waals surface area contributed by atoms with Gasteiger partial charge in [0.25, 0.3) is 0 Å². The van der Waals surface area contributed by atoms with Crippen LogP contribution in [0.1, 0.15) is 16.1 Å². The normalized spacial score (nSPS) is 12.7. The summed E-state index contributed by atoms with van der Waals surface area (Å²) in [6.07, 6.45) is 0. The molecule has 0 aliphatic carbocycles. The zero-order valence-electron chi connectivity index (χ0n) is 17.9. The number of hydrogen-bond donors (Lipinski definition) is 2. The molecule has 1 unspecified atom stereocenters. The van der Waals surface area contributed by atoms with Crippen molar-refractivity contribution in [2.45, 2.75) is 10.6 Å². The molecule has 1 amide bonds. The zero-order chi connectivity index (χ0) is 23.7. The summed E-state index contributed by atoms with van der Waals surface area (Å²) in [5, 5.41) is 17.0. The maximum Gasteiger partial charge on any atom is 0.249 e. The number of thioether (sulfide) groups is 1. The van der Waals surface area contributed by atoms with Crippen molar-refractivity contribution in [2.24, 2.45) is 5.92 Å². The maximum atomic E-state index is 13.5. The van der Waals surface area contributed by atoms with E-state index >= 15 is 0 Å². The SMILES string of the molecule is N#CC(C(=O)Nc1ccccc1)C(=O)c1nn(-c2cccc(N)c2)c2c1CSc1ccccc1-2. The van der Waals surface area contributed by atoms with Gasteiger partial charge >= 0.3 is 0 Å². The fourth-order valence-electron chi connectivity index (χ4n) is 3.95. The number of fused-ring (bicyclic) bond motifs is 3. The van der Waals surface area contributed by atoms with E-state index in [-0.39, 0.29) is 5.69 Å². The summed E-state index contributed by atoms with van der Waals surface area (Å²) >= 11 is 1.59. The number of benzene rings is 3. The number of hydrogen-bond acceptors (Lipinski definition) is 6. The van der Waals surface area contributed by atoms with Crippen molar-refractivity contribution in [1.29, 1.82) is 5.26 Å². The number of carbonyl (C=O) groups excluding carboxylic acids is 2. The Balaban J connectivity index is 1.60. The average Bonchev–Trinajstić information content (AvgIpc) is 3.25. The van der Waals surface area contributed by atoms with E-state index in [4.69, 9.17) is 5.73 Å². The van der Waals surface area contributed by atoms with Crippen molar-refractivity contribution in [1.82, 2.24) is 9.78 Å². The topological polar surface area (TPSA) is 114 Å². The molecular formula is C26H19N5O2S. The van der Waals surface area contributed by atoms with E-state index in [0.29, 0.717) is 28.4 Å². The van der Waals surface area contributed by atoms with E-state index < -0.39 is 17.6 Å². The van der Waals surface area contributed by atoms with E-state index in [1.807, 2.05) is 48.5 Å². The third-order valence-corrected chi connectivity index (χ3v) is 6.64. The summed E-state index contributed by atoms with van der Waals surface area (Å²) in [5.41, 5.74) is 10.3. The number of anilines is 2. The molecule has 0 saturated heterocycles. The van der Waals surface area contributed by atoms with E-state index in [2.05, 4.69) is 10.4 Å². The highest BCUT2D eigenvalue weighted by atomic mass is 32.2. The van der Waals surface area contributed by atoms with Gasteiger partial charge in [-0.05, 0) is 36.4 Å². The van der Waals surface area contributed by atoms with E-state index in [1.54, 1.807) is 52.8 Å². The van der Waals surface area contributed by atoms with Gasteiger partial charge < -0.3 is 11.1 Å². The van der Waals surface area contributed by atoms with Gasteiger partial charge in [-0.1, -0.05) is 42.5 Å². The van der Waals surface area contributed by atoms with Crippen molar-refractivity contribution in [3.8, 4) is 23.0 Å². The number of aromatic nitrogens is 2. The van der Waals surface area contributed by atoms with Gasteiger partial charge in [-0.3, -0.25) is 9.59 Å². The first-order valence-corrected chi connectivity index (χ1v) is 11.5. The Kier molecular flexibility index (Phi) is 5.62. The average molecular weight is 466 g/mol. The maximum absolute atomic E-state index is 13.5. The molecule has 4 aromatic rings. The minimum atomic E-state index is -1.53. The van der Waals surface area contributed by atoms with E-state index in [1.165, 1.54) is 0 Å². The monoisotopic (exact) mass is 465 g/mol. The first-order valence-electron chi connectivity index (χ1n) is 10.6. The third-order valence-electron chi connectivity index (χ3n) is 5.54. The van der Waals surface area contributed by atoms with Gasteiger partial charge in [0.1, 0.15) is 5.69 Å². The molecule has 1 aliphatic heterocycles. The van der Waals surface area contributed by atoms with Crippen LogP contribution in [0.4, 0.5) is 11.4 Å². The number of nitrogen functional groups attached to an aromatic ring is 1. The molecule has 0 spiro atoms. The summed E-state index contributed by atoms with van der Waals surface area (Å²) < 4.78 is 1.68. The van der Waals surface area contributed by atoms with Gasteiger partial charge in [0, 0.05) is 33.2 Å². The first kappa shape index (κ1) is 21.5. The van der Waals surface area contributed by atoms with Gasteiger partial charge in [-0.2, -0.15) is 10.4 Å². The lowest BCUT2D eigenvalue weighted by atomic mass is 9.97.